The second-order valence-electron chi connectivity index (χ2n) is 11.2. The summed E-state index contributed by atoms with van der Waals surface area (Å²) < 4.78 is 24.9. The predicted octanol–water partition coefficient (Wildman–Crippen LogP) is 5.81. The van der Waals surface area contributed by atoms with Crippen LogP contribution in [0.25, 0.3) is 16.6 Å². The van der Waals surface area contributed by atoms with Crippen molar-refractivity contribution in [3.8, 4) is 17.3 Å². The van der Waals surface area contributed by atoms with E-state index in [2.05, 4.69) is 29.9 Å². The lowest BCUT2D eigenvalue weighted by atomic mass is 10.2. The molecule has 1 aliphatic carbocycles. The summed E-state index contributed by atoms with van der Waals surface area (Å²) in [4.78, 5) is 17.7. The van der Waals surface area contributed by atoms with Gasteiger partial charge in [0.15, 0.2) is 6.79 Å². The molecule has 2 aromatic heterocycles. The number of fused-ring (bicyclic) bond motifs is 1. The molecule has 1 N–H and O–H groups in total. The van der Waals surface area contributed by atoms with Crippen LogP contribution in [0.3, 0.4) is 0 Å². The van der Waals surface area contributed by atoms with Crippen LogP contribution in [0, 0.1) is 0 Å². The largest absolute Gasteiger partial charge is 0.497 e. The first-order chi connectivity index (χ1) is 19.3. The highest BCUT2D eigenvalue weighted by Crippen LogP contribution is 2.41. The molecule has 1 aliphatic rings. The lowest BCUT2D eigenvalue weighted by Gasteiger charge is -2.16. The number of ether oxygens (including phenoxy) is 4. The monoisotopic (exact) mass is 560 g/mol. The number of benzene rings is 2. The third-order valence-corrected chi connectivity index (χ3v) is 8.53. The second kappa shape index (κ2) is 11.8. The zero-order valence-electron chi connectivity index (χ0n) is 23.5. The molecule has 0 radical (unpaired) electrons. The van der Waals surface area contributed by atoms with Gasteiger partial charge in [-0.2, -0.15) is 0 Å². The summed E-state index contributed by atoms with van der Waals surface area (Å²) in [5, 5.41) is 8.38. The van der Waals surface area contributed by atoms with Gasteiger partial charge in [0.05, 0.1) is 30.3 Å². The molecule has 0 bridgehead atoms. The van der Waals surface area contributed by atoms with E-state index in [4.69, 9.17) is 24.0 Å². The molecule has 4 aromatic rings. The number of methoxy groups -OCH3 is 1. The van der Waals surface area contributed by atoms with Crippen LogP contribution in [0.15, 0.2) is 66.9 Å². The van der Waals surface area contributed by atoms with Gasteiger partial charge in [-0.15, -0.1) is 5.10 Å². The van der Waals surface area contributed by atoms with E-state index in [0.717, 1.165) is 22.8 Å². The summed E-state index contributed by atoms with van der Waals surface area (Å²) in [7, 11) is 0.426. The highest BCUT2D eigenvalue weighted by atomic mass is 28.3. The van der Waals surface area contributed by atoms with Gasteiger partial charge in [0.25, 0.3) is 5.91 Å². The standard InChI is InChI=1S/C30H36N4O5Si/c1-36-24-12-8-11-23(17-24)34-26-18-27(31-19-25(26)28(33-34)38-21-37-15-16-40(2,3)4)32-29(35)30(13-14-30)39-20-22-9-6-5-7-10-22/h5-12,17-19H,13-16,20-21H2,1-4H3,(H,31,32,35). The molecule has 40 heavy (non-hydrogen) atoms. The number of carbonyl (C=O) groups excluding carboxylic acids is 1. The fraction of sp³-hybridized carbons (Fsp3) is 0.367. The lowest BCUT2D eigenvalue weighted by Crippen LogP contribution is -2.32. The maximum Gasteiger partial charge on any atom is 0.257 e. The van der Waals surface area contributed by atoms with Gasteiger partial charge in [-0.3, -0.25) is 4.79 Å². The predicted molar refractivity (Wildman–Crippen MR) is 157 cm³/mol. The van der Waals surface area contributed by atoms with E-state index >= 15 is 0 Å². The molecule has 210 valence electrons. The molecule has 2 heterocycles. The van der Waals surface area contributed by atoms with Gasteiger partial charge in [0.1, 0.15) is 17.2 Å². The Labute approximate surface area is 235 Å². The molecule has 0 saturated heterocycles. The number of anilines is 1. The molecule has 1 saturated carbocycles. The first-order valence-corrected chi connectivity index (χ1v) is 17.2. The maximum absolute atomic E-state index is 13.2. The van der Waals surface area contributed by atoms with E-state index in [1.165, 1.54) is 0 Å². The minimum atomic E-state index is -1.20. The molecular formula is C30H36N4O5Si. The van der Waals surface area contributed by atoms with Gasteiger partial charge in [-0.05, 0) is 36.6 Å². The van der Waals surface area contributed by atoms with Crippen LogP contribution in [-0.2, 0) is 20.9 Å². The number of carbonyl (C=O) groups is 1. The molecular weight excluding hydrogens is 524 g/mol. The number of amides is 1. The molecule has 1 amide bonds. The molecule has 2 aromatic carbocycles. The number of hydrogen-bond acceptors (Lipinski definition) is 7. The van der Waals surface area contributed by atoms with E-state index < -0.39 is 13.7 Å². The van der Waals surface area contributed by atoms with Crippen LogP contribution in [0.5, 0.6) is 11.6 Å². The van der Waals surface area contributed by atoms with Crippen molar-refractivity contribution < 1.29 is 23.7 Å². The quantitative estimate of drug-likeness (QED) is 0.125. The summed E-state index contributed by atoms with van der Waals surface area (Å²) in [5.74, 6) is 1.32. The minimum Gasteiger partial charge on any atom is -0.497 e. The normalized spacial score (nSPS) is 14.2. The van der Waals surface area contributed by atoms with Crippen molar-refractivity contribution in [3.05, 3.63) is 72.4 Å². The van der Waals surface area contributed by atoms with Gasteiger partial charge in [0.2, 0.25) is 5.88 Å². The van der Waals surface area contributed by atoms with Gasteiger partial charge >= 0.3 is 0 Å². The van der Waals surface area contributed by atoms with Gasteiger partial charge in [0, 0.05) is 33.0 Å². The van der Waals surface area contributed by atoms with E-state index in [1.807, 2.05) is 54.6 Å². The summed E-state index contributed by atoms with van der Waals surface area (Å²) in [6.07, 6.45) is 3.01. The first-order valence-electron chi connectivity index (χ1n) is 13.5. The second-order valence-corrected chi connectivity index (χ2v) is 16.8. The van der Waals surface area contributed by atoms with E-state index in [9.17, 15) is 4.79 Å². The molecule has 9 nitrogen and oxygen atoms in total. The molecule has 0 unspecified atom stereocenters. The third kappa shape index (κ3) is 6.69. The van der Waals surface area contributed by atoms with E-state index in [0.29, 0.717) is 48.9 Å². The molecule has 0 atom stereocenters. The Morgan fingerprint density at radius 1 is 1.07 bits per heavy atom. The van der Waals surface area contributed by atoms with Crippen LogP contribution >= 0.6 is 0 Å². The summed E-state index contributed by atoms with van der Waals surface area (Å²) in [5.41, 5.74) is 1.71. The molecule has 0 aliphatic heterocycles. The number of aromatic nitrogens is 3. The molecule has 1 fully saturated rings. The fourth-order valence-electron chi connectivity index (χ4n) is 4.21. The Bertz CT molecular complexity index is 1460. The number of pyridine rings is 1. The van der Waals surface area contributed by atoms with Crippen LogP contribution in [0.2, 0.25) is 25.7 Å². The Morgan fingerprint density at radius 2 is 1.88 bits per heavy atom. The van der Waals surface area contributed by atoms with Crippen molar-refractivity contribution in [2.24, 2.45) is 0 Å². The summed E-state index contributed by atoms with van der Waals surface area (Å²) in [6, 6.07) is 20.3. The van der Waals surface area contributed by atoms with Crippen LogP contribution < -0.4 is 14.8 Å². The molecule has 10 heteroatoms. The topological polar surface area (TPSA) is 96.7 Å². The van der Waals surface area contributed by atoms with Gasteiger partial charge in [-0.1, -0.05) is 56.0 Å². The number of nitrogens with zero attached hydrogens (tertiary/aromatic N) is 3. The Kier molecular flexibility index (Phi) is 8.20. The smallest absolute Gasteiger partial charge is 0.257 e. The molecule has 0 spiro atoms. The Morgan fingerprint density at radius 3 is 2.60 bits per heavy atom. The van der Waals surface area contributed by atoms with E-state index in [1.54, 1.807) is 24.1 Å². The van der Waals surface area contributed by atoms with Crippen molar-refractivity contribution in [3.63, 3.8) is 0 Å². The zero-order valence-corrected chi connectivity index (χ0v) is 24.5. The van der Waals surface area contributed by atoms with Crippen molar-refractivity contribution in [2.45, 2.75) is 50.7 Å². The highest BCUT2D eigenvalue weighted by molar-refractivity contribution is 6.76. The fourth-order valence-corrected chi connectivity index (χ4v) is 4.97. The number of nitrogens with one attached hydrogen (secondary N) is 1. The number of hydrogen-bond donors (Lipinski definition) is 1. The lowest BCUT2D eigenvalue weighted by molar-refractivity contribution is -0.131. The minimum absolute atomic E-state index is 0.0917. The average molecular weight is 561 g/mol. The van der Waals surface area contributed by atoms with Crippen LogP contribution in [0.1, 0.15) is 18.4 Å². The van der Waals surface area contributed by atoms with Crippen LogP contribution in [0.4, 0.5) is 5.82 Å². The SMILES string of the molecule is COc1cccc(-n2nc(OCOCC[Si](C)(C)C)c3cnc(NC(=O)C4(OCc5ccccc5)CC4)cc32)c1. The number of rotatable bonds is 13. The first kappa shape index (κ1) is 27.8. The summed E-state index contributed by atoms with van der Waals surface area (Å²) in [6.45, 7) is 8.04. The maximum atomic E-state index is 13.2. The van der Waals surface area contributed by atoms with Crippen LogP contribution in [-0.4, -0.2) is 54.9 Å². The average Bonchev–Trinajstić information content (AvgIpc) is 3.67. The van der Waals surface area contributed by atoms with Crippen molar-refractivity contribution >= 4 is 30.7 Å². The van der Waals surface area contributed by atoms with Crippen molar-refractivity contribution in [1.82, 2.24) is 14.8 Å². The van der Waals surface area contributed by atoms with Gasteiger partial charge < -0.3 is 24.3 Å². The van der Waals surface area contributed by atoms with Gasteiger partial charge in [-0.25, -0.2) is 9.67 Å². The van der Waals surface area contributed by atoms with Crippen molar-refractivity contribution in [1.29, 1.82) is 0 Å². The Hall–Kier alpha value is -3.73. The van der Waals surface area contributed by atoms with E-state index in [-0.39, 0.29) is 12.7 Å². The Balaban J connectivity index is 1.35. The van der Waals surface area contributed by atoms with Crippen molar-refractivity contribution in [2.75, 3.05) is 25.8 Å². The molecule has 5 rings (SSSR count). The highest BCUT2D eigenvalue weighted by Gasteiger charge is 2.51. The zero-order chi connectivity index (χ0) is 28.2. The summed E-state index contributed by atoms with van der Waals surface area (Å²) >= 11 is 0. The third-order valence-electron chi connectivity index (χ3n) is 6.82.